The minimum absolute atomic E-state index is 0.0339. The summed E-state index contributed by atoms with van der Waals surface area (Å²) in [4.78, 5) is 0. The number of benzene rings is 1. The van der Waals surface area contributed by atoms with Crippen LogP contribution in [0.3, 0.4) is 0 Å². The first-order valence-corrected chi connectivity index (χ1v) is 8.21. The van der Waals surface area contributed by atoms with Crippen molar-refractivity contribution in [2.45, 2.75) is 37.2 Å². The topological polar surface area (TPSA) is 46.6 Å². The lowest BCUT2D eigenvalue weighted by Crippen LogP contribution is -2.39. The molecule has 0 spiro atoms. The van der Waals surface area contributed by atoms with Crippen molar-refractivity contribution >= 4 is 10.0 Å². The number of sulfonamides is 1. The zero-order valence-electron chi connectivity index (χ0n) is 11.1. The summed E-state index contributed by atoms with van der Waals surface area (Å²) in [6.07, 6.45) is 2.37. The van der Waals surface area contributed by atoms with Crippen molar-refractivity contribution in [3.05, 3.63) is 35.4 Å². The Morgan fingerprint density at radius 3 is 2.63 bits per heavy atom. The fourth-order valence-electron chi connectivity index (χ4n) is 2.54. The van der Waals surface area contributed by atoms with E-state index in [1.807, 2.05) is 12.1 Å². The monoisotopic (exact) mass is 281 g/mol. The Morgan fingerprint density at radius 2 is 1.95 bits per heavy atom. The van der Waals surface area contributed by atoms with E-state index in [2.05, 4.69) is 12.1 Å². The molecule has 0 bridgehead atoms. The molecule has 4 nitrogen and oxygen atoms in total. The first kappa shape index (κ1) is 13.1. The standard InChI is InChI=1S/C14H19NO3S/c1-15(19(16,17)14-6-7-14)9-13-8-11-4-2-3-5-12(11)10-18-13/h2-5,13-14H,6-10H2,1H3. The third kappa shape index (κ3) is 2.68. The second kappa shape index (κ2) is 4.89. The molecule has 1 aromatic carbocycles. The second-order valence-electron chi connectivity index (χ2n) is 5.43. The molecule has 0 amide bonds. The molecule has 0 N–H and O–H groups in total. The highest BCUT2D eigenvalue weighted by Gasteiger charge is 2.39. The predicted molar refractivity (Wildman–Crippen MR) is 73.3 cm³/mol. The normalized spacial score (nSPS) is 23.4. The van der Waals surface area contributed by atoms with E-state index in [0.29, 0.717) is 13.2 Å². The molecule has 1 aliphatic heterocycles. The van der Waals surface area contributed by atoms with E-state index in [1.54, 1.807) is 7.05 Å². The van der Waals surface area contributed by atoms with E-state index in [4.69, 9.17) is 4.74 Å². The van der Waals surface area contributed by atoms with Gasteiger partial charge < -0.3 is 4.74 Å². The number of likely N-dealkylation sites (N-methyl/N-ethyl adjacent to an activating group) is 1. The molecule has 104 valence electrons. The van der Waals surface area contributed by atoms with Gasteiger partial charge in [-0.25, -0.2) is 12.7 Å². The highest BCUT2D eigenvalue weighted by Crippen LogP contribution is 2.31. The summed E-state index contributed by atoms with van der Waals surface area (Å²) in [5.41, 5.74) is 2.49. The number of hydrogen-bond donors (Lipinski definition) is 0. The van der Waals surface area contributed by atoms with Gasteiger partial charge in [0.2, 0.25) is 10.0 Å². The van der Waals surface area contributed by atoms with Crippen LogP contribution in [0.2, 0.25) is 0 Å². The number of fused-ring (bicyclic) bond motifs is 1. The molecule has 1 unspecified atom stereocenters. The van der Waals surface area contributed by atoms with Gasteiger partial charge in [-0.1, -0.05) is 24.3 Å². The zero-order valence-corrected chi connectivity index (χ0v) is 11.9. The maximum Gasteiger partial charge on any atom is 0.216 e. The summed E-state index contributed by atoms with van der Waals surface area (Å²) in [6.45, 7) is 1.03. The molecule has 2 aliphatic rings. The highest BCUT2D eigenvalue weighted by molar-refractivity contribution is 7.90. The van der Waals surface area contributed by atoms with Crippen LogP contribution in [0.1, 0.15) is 24.0 Å². The SMILES string of the molecule is CN(CC1Cc2ccccc2CO1)S(=O)(=O)C1CC1. The molecule has 1 aliphatic carbocycles. The molecule has 1 heterocycles. The van der Waals surface area contributed by atoms with Gasteiger partial charge in [0, 0.05) is 20.0 Å². The second-order valence-corrected chi connectivity index (χ2v) is 7.75. The van der Waals surface area contributed by atoms with Gasteiger partial charge in [-0.2, -0.15) is 0 Å². The molecule has 1 saturated carbocycles. The van der Waals surface area contributed by atoms with E-state index in [1.165, 1.54) is 15.4 Å². The van der Waals surface area contributed by atoms with Crippen LogP contribution in [0.25, 0.3) is 0 Å². The van der Waals surface area contributed by atoms with Gasteiger partial charge in [0.05, 0.1) is 18.0 Å². The van der Waals surface area contributed by atoms with Crippen LogP contribution in [-0.4, -0.2) is 37.7 Å². The first-order valence-electron chi connectivity index (χ1n) is 6.71. The molecular formula is C14H19NO3S. The van der Waals surface area contributed by atoms with Gasteiger partial charge in [-0.15, -0.1) is 0 Å². The molecule has 19 heavy (non-hydrogen) atoms. The predicted octanol–water partition coefficient (Wildman–Crippen LogP) is 1.55. The van der Waals surface area contributed by atoms with Crippen LogP contribution in [-0.2, 0) is 27.8 Å². The zero-order chi connectivity index (χ0) is 13.5. The average molecular weight is 281 g/mol. The van der Waals surface area contributed by atoms with Gasteiger partial charge in [-0.3, -0.25) is 0 Å². The Kier molecular flexibility index (Phi) is 3.37. The van der Waals surface area contributed by atoms with Gasteiger partial charge in [0.25, 0.3) is 0 Å². The lowest BCUT2D eigenvalue weighted by atomic mass is 9.99. The maximum atomic E-state index is 12.1. The van der Waals surface area contributed by atoms with E-state index in [-0.39, 0.29) is 11.4 Å². The summed E-state index contributed by atoms with van der Waals surface area (Å²) in [7, 11) is -1.42. The van der Waals surface area contributed by atoms with Gasteiger partial charge in [0.1, 0.15) is 0 Å². The molecule has 0 radical (unpaired) electrons. The van der Waals surface area contributed by atoms with Crippen LogP contribution < -0.4 is 0 Å². The largest absolute Gasteiger partial charge is 0.372 e. The van der Waals surface area contributed by atoms with Crippen molar-refractivity contribution in [1.82, 2.24) is 4.31 Å². The lowest BCUT2D eigenvalue weighted by molar-refractivity contribution is 0.0202. The molecule has 5 heteroatoms. The minimum atomic E-state index is -3.09. The molecule has 1 aromatic rings. The summed E-state index contributed by atoms with van der Waals surface area (Å²) in [5, 5.41) is -0.145. The fraction of sp³-hybridized carbons (Fsp3) is 0.571. The number of ether oxygens (including phenoxy) is 1. The van der Waals surface area contributed by atoms with Crippen LogP contribution in [0.5, 0.6) is 0 Å². The molecule has 0 saturated heterocycles. The fourth-order valence-corrected chi connectivity index (χ4v) is 4.15. The van der Waals surface area contributed by atoms with Crippen molar-refractivity contribution in [3.63, 3.8) is 0 Å². The van der Waals surface area contributed by atoms with E-state index < -0.39 is 10.0 Å². The molecular weight excluding hydrogens is 262 g/mol. The van der Waals surface area contributed by atoms with Gasteiger partial charge in [-0.05, 0) is 24.0 Å². The summed E-state index contributed by atoms with van der Waals surface area (Å²) >= 11 is 0. The number of nitrogens with zero attached hydrogens (tertiary/aromatic N) is 1. The first-order chi connectivity index (χ1) is 9.07. The smallest absolute Gasteiger partial charge is 0.216 e. The molecule has 1 fully saturated rings. The Morgan fingerprint density at radius 1 is 1.26 bits per heavy atom. The van der Waals surface area contributed by atoms with Crippen molar-refractivity contribution in [1.29, 1.82) is 0 Å². The van der Waals surface area contributed by atoms with Crippen LogP contribution in [0, 0.1) is 0 Å². The summed E-state index contributed by atoms with van der Waals surface area (Å²) in [6, 6.07) is 8.19. The molecule has 1 atom stereocenters. The Hall–Kier alpha value is -0.910. The highest BCUT2D eigenvalue weighted by atomic mass is 32.2. The third-order valence-electron chi connectivity index (χ3n) is 3.88. The maximum absolute atomic E-state index is 12.1. The quantitative estimate of drug-likeness (QED) is 0.841. The van der Waals surface area contributed by atoms with E-state index >= 15 is 0 Å². The van der Waals surface area contributed by atoms with Crippen molar-refractivity contribution < 1.29 is 13.2 Å². The van der Waals surface area contributed by atoms with E-state index in [0.717, 1.165) is 19.3 Å². The number of hydrogen-bond acceptors (Lipinski definition) is 3. The Bertz CT molecular complexity index is 566. The third-order valence-corrected chi connectivity index (χ3v) is 6.21. The Balaban J connectivity index is 1.66. The van der Waals surface area contributed by atoms with Crippen molar-refractivity contribution in [2.24, 2.45) is 0 Å². The van der Waals surface area contributed by atoms with Gasteiger partial charge in [0.15, 0.2) is 0 Å². The van der Waals surface area contributed by atoms with Crippen molar-refractivity contribution in [3.8, 4) is 0 Å². The lowest BCUT2D eigenvalue weighted by Gasteiger charge is -2.28. The summed E-state index contributed by atoms with van der Waals surface area (Å²) < 4.78 is 31.4. The van der Waals surface area contributed by atoms with Crippen LogP contribution in [0.4, 0.5) is 0 Å². The van der Waals surface area contributed by atoms with Crippen molar-refractivity contribution in [2.75, 3.05) is 13.6 Å². The van der Waals surface area contributed by atoms with E-state index in [9.17, 15) is 8.42 Å². The van der Waals surface area contributed by atoms with Gasteiger partial charge >= 0.3 is 0 Å². The number of rotatable bonds is 4. The molecule has 3 rings (SSSR count). The Labute approximate surface area is 114 Å². The minimum Gasteiger partial charge on any atom is -0.372 e. The molecule has 0 aromatic heterocycles. The van der Waals surface area contributed by atoms with Crippen LogP contribution in [0.15, 0.2) is 24.3 Å². The average Bonchev–Trinajstić information content (AvgIpc) is 3.23. The van der Waals surface area contributed by atoms with Crippen LogP contribution >= 0.6 is 0 Å². The summed E-state index contributed by atoms with van der Waals surface area (Å²) in [5.74, 6) is 0.